The largest absolute Gasteiger partial charge is 0.462 e. The molecular weight excluding hydrogens is 949 g/mol. The van der Waals surface area contributed by atoms with Crippen LogP contribution in [-0.2, 0) is 28.6 Å². The second kappa shape index (κ2) is 63.8. The molecule has 0 amide bonds. The Kier molecular flexibility index (Phi) is 59.9. The van der Waals surface area contributed by atoms with Gasteiger partial charge in [0.1, 0.15) is 13.2 Å². The summed E-state index contributed by atoms with van der Waals surface area (Å²) in [7, 11) is 0. The van der Waals surface area contributed by atoms with Crippen LogP contribution in [-0.4, -0.2) is 37.2 Å². The van der Waals surface area contributed by atoms with E-state index >= 15 is 0 Å². The van der Waals surface area contributed by atoms with Gasteiger partial charge in [-0.3, -0.25) is 14.4 Å². The molecule has 0 bridgehead atoms. The number of allylic oxidation sites excluding steroid dienone is 24. The maximum absolute atomic E-state index is 12.8. The topological polar surface area (TPSA) is 78.9 Å². The van der Waals surface area contributed by atoms with Gasteiger partial charge in [0.2, 0.25) is 0 Å². The van der Waals surface area contributed by atoms with Crippen LogP contribution in [0.3, 0.4) is 0 Å². The number of unbranched alkanes of at least 4 members (excludes halogenated alkanes) is 20. The summed E-state index contributed by atoms with van der Waals surface area (Å²) in [6, 6.07) is 0. The molecule has 0 saturated heterocycles. The highest BCUT2D eigenvalue weighted by Gasteiger charge is 2.19. The van der Waals surface area contributed by atoms with Crippen LogP contribution < -0.4 is 0 Å². The average Bonchev–Trinajstić information content (AvgIpc) is 3.43. The molecule has 1 atom stereocenters. The molecule has 6 nitrogen and oxygen atoms in total. The van der Waals surface area contributed by atoms with Crippen molar-refractivity contribution in [1.29, 1.82) is 0 Å². The molecule has 77 heavy (non-hydrogen) atoms. The fraction of sp³-hybridized carbons (Fsp3) is 0.620. The van der Waals surface area contributed by atoms with Gasteiger partial charge in [-0.15, -0.1) is 0 Å². The molecule has 6 heteroatoms. The lowest BCUT2D eigenvalue weighted by Gasteiger charge is -2.18. The molecule has 0 radical (unpaired) electrons. The molecule has 0 spiro atoms. The van der Waals surface area contributed by atoms with Crippen molar-refractivity contribution in [3.05, 3.63) is 146 Å². The summed E-state index contributed by atoms with van der Waals surface area (Å²) >= 11 is 0. The SMILES string of the molecule is CC/C=C\C/C=C\C/C=C\C/C=C\C/C=C\C/C=C\CCC(=O)OC(COC(=O)CCCCCCC/C=C\CCCC)COC(=O)CCCCCCCCCCCCCCC/C=C\C/C=C\C/C=C\C/C=C\C/C=C\CC. The first-order valence-electron chi connectivity index (χ1n) is 31.3. The number of esters is 3. The molecule has 0 aliphatic carbocycles. The van der Waals surface area contributed by atoms with E-state index in [-0.39, 0.29) is 31.6 Å². The predicted molar refractivity (Wildman–Crippen MR) is 334 cm³/mol. The quantitative estimate of drug-likeness (QED) is 0.0261. The Labute approximate surface area is 474 Å². The van der Waals surface area contributed by atoms with Gasteiger partial charge in [0.25, 0.3) is 0 Å². The maximum Gasteiger partial charge on any atom is 0.306 e. The molecule has 0 saturated carbocycles. The number of hydrogen-bond acceptors (Lipinski definition) is 6. The molecule has 0 N–H and O–H groups in total. The summed E-state index contributed by atoms with van der Waals surface area (Å²) in [5.74, 6) is -1.01. The normalized spacial score (nSPS) is 13.1. The molecule has 0 rings (SSSR count). The van der Waals surface area contributed by atoms with E-state index in [9.17, 15) is 14.4 Å². The molecule has 0 aromatic carbocycles. The summed E-state index contributed by atoms with van der Waals surface area (Å²) in [5, 5.41) is 0. The van der Waals surface area contributed by atoms with Crippen LogP contribution in [0.1, 0.15) is 265 Å². The summed E-state index contributed by atoms with van der Waals surface area (Å²) in [5.41, 5.74) is 0. The predicted octanol–water partition coefficient (Wildman–Crippen LogP) is 21.5. The zero-order valence-electron chi connectivity index (χ0n) is 49.7. The summed E-state index contributed by atoms with van der Waals surface area (Å²) < 4.78 is 16.8. The van der Waals surface area contributed by atoms with E-state index in [0.717, 1.165) is 122 Å². The van der Waals surface area contributed by atoms with Crippen LogP contribution >= 0.6 is 0 Å². The highest BCUT2D eigenvalue weighted by Crippen LogP contribution is 2.15. The van der Waals surface area contributed by atoms with Gasteiger partial charge in [0.15, 0.2) is 6.10 Å². The minimum Gasteiger partial charge on any atom is -0.462 e. The highest BCUT2D eigenvalue weighted by atomic mass is 16.6. The summed E-state index contributed by atoms with van der Waals surface area (Å²) in [4.78, 5) is 38.2. The summed E-state index contributed by atoms with van der Waals surface area (Å²) in [6.45, 7) is 6.30. The molecule has 0 aromatic heterocycles. The van der Waals surface area contributed by atoms with Gasteiger partial charge in [-0.1, -0.05) is 269 Å². The van der Waals surface area contributed by atoms with E-state index in [4.69, 9.17) is 14.2 Å². The first-order valence-corrected chi connectivity index (χ1v) is 31.3. The van der Waals surface area contributed by atoms with Crippen LogP contribution in [0.25, 0.3) is 0 Å². The van der Waals surface area contributed by atoms with Crippen LogP contribution in [0.2, 0.25) is 0 Å². The van der Waals surface area contributed by atoms with Crippen molar-refractivity contribution in [2.24, 2.45) is 0 Å². The number of carbonyl (C=O) groups is 3. The highest BCUT2D eigenvalue weighted by molar-refractivity contribution is 5.71. The van der Waals surface area contributed by atoms with E-state index in [1.54, 1.807) is 0 Å². The molecule has 0 aliphatic heterocycles. The van der Waals surface area contributed by atoms with E-state index in [1.807, 2.05) is 12.2 Å². The minimum absolute atomic E-state index is 0.115. The Bertz CT molecular complexity index is 1700. The number of ether oxygens (including phenoxy) is 3. The Morgan fingerprint density at radius 2 is 0.532 bits per heavy atom. The monoisotopic (exact) mass is 1060 g/mol. The van der Waals surface area contributed by atoms with Crippen molar-refractivity contribution >= 4 is 17.9 Å². The fourth-order valence-electron chi connectivity index (χ4n) is 8.18. The zero-order chi connectivity index (χ0) is 55.7. The minimum atomic E-state index is -0.828. The molecule has 0 fully saturated rings. The van der Waals surface area contributed by atoms with Crippen molar-refractivity contribution in [3.63, 3.8) is 0 Å². The van der Waals surface area contributed by atoms with Crippen molar-refractivity contribution in [2.75, 3.05) is 13.2 Å². The van der Waals surface area contributed by atoms with Crippen LogP contribution in [0.5, 0.6) is 0 Å². The van der Waals surface area contributed by atoms with Crippen molar-refractivity contribution in [1.82, 2.24) is 0 Å². The van der Waals surface area contributed by atoms with Gasteiger partial charge < -0.3 is 14.2 Å². The number of carbonyl (C=O) groups excluding carboxylic acids is 3. The third kappa shape index (κ3) is 62.0. The van der Waals surface area contributed by atoms with Crippen LogP contribution in [0.4, 0.5) is 0 Å². The Morgan fingerprint density at radius 3 is 0.857 bits per heavy atom. The van der Waals surface area contributed by atoms with Gasteiger partial charge in [0.05, 0.1) is 0 Å². The van der Waals surface area contributed by atoms with Crippen LogP contribution in [0, 0.1) is 0 Å². The van der Waals surface area contributed by atoms with Crippen molar-refractivity contribution in [3.8, 4) is 0 Å². The van der Waals surface area contributed by atoms with Crippen LogP contribution in [0.15, 0.2) is 146 Å². The number of hydrogen-bond donors (Lipinski definition) is 0. The summed E-state index contributed by atoms with van der Waals surface area (Å²) in [6.07, 6.45) is 91.6. The maximum atomic E-state index is 12.8. The molecule has 434 valence electrons. The van der Waals surface area contributed by atoms with Gasteiger partial charge in [0, 0.05) is 19.3 Å². The first kappa shape index (κ1) is 72.3. The van der Waals surface area contributed by atoms with Gasteiger partial charge in [-0.25, -0.2) is 0 Å². The van der Waals surface area contributed by atoms with E-state index in [0.29, 0.717) is 19.3 Å². The number of rotatable bonds is 55. The van der Waals surface area contributed by atoms with Gasteiger partial charge in [-0.05, 0) is 122 Å². The van der Waals surface area contributed by atoms with E-state index < -0.39 is 12.1 Å². The van der Waals surface area contributed by atoms with Crippen molar-refractivity contribution in [2.45, 2.75) is 271 Å². The Hall–Kier alpha value is -4.71. The zero-order valence-corrected chi connectivity index (χ0v) is 49.7. The lowest BCUT2D eigenvalue weighted by Crippen LogP contribution is -2.30. The molecule has 0 heterocycles. The fourth-order valence-corrected chi connectivity index (χ4v) is 8.18. The third-order valence-corrected chi connectivity index (χ3v) is 12.8. The average molecular weight is 1060 g/mol. The van der Waals surface area contributed by atoms with Gasteiger partial charge in [-0.2, -0.15) is 0 Å². The Morgan fingerprint density at radius 1 is 0.273 bits per heavy atom. The molecular formula is C71H114O6. The molecule has 0 aromatic rings. The second-order valence-corrected chi connectivity index (χ2v) is 20.2. The third-order valence-electron chi connectivity index (χ3n) is 12.8. The standard InChI is InChI=1S/C71H114O6/c1-4-7-10-13-16-19-22-24-26-28-30-31-32-33-34-35-36-37-38-39-41-42-44-46-49-52-55-58-61-64-70(73)76-67-68(66-75-69(72)63-60-57-54-51-48-21-18-15-12-9-6-3)77-71(74)65-62-59-56-53-50-47-45-43-40-29-27-25-23-20-17-14-11-8-5-2/h7-8,10-11,15-20,24-27,30-31,33-34,40,43,47,50,56,59,68H,4-6,9,12-14,21-23,28-29,32,35-39,41-42,44-46,48-49,51-55,57-58,60-67H2,1-3H3/b10-7-,11-8-,18-15-,19-16-,20-17-,26-24-,27-25-,31-30-,34-33-,43-40-,50-47-,59-56-. The van der Waals surface area contributed by atoms with Gasteiger partial charge >= 0.3 is 17.9 Å². The van der Waals surface area contributed by atoms with E-state index in [1.165, 1.54) is 96.3 Å². The molecule has 1 unspecified atom stereocenters. The van der Waals surface area contributed by atoms with E-state index in [2.05, 4.69) is 154 Å². The second-order valence-electron chi connectivity index (χ2n) is 20.2. The lowest BCUT2D eigenvalue weighted by molar-refractivity contribution is -0.166. The first-order chi connectivity index (χ1) is 38.0. The van der Waals surface area contributed by atoms with Crippen molar-refractivity contribution < 1.29 is 28.6 Å². The molecule has 0 aliphatic rings. The lowest BCUT2D eigenvalue weighted by atomic mass is 10.0. The smallest absolute Gasteiger partial charge is 0.306 e. The Balaban J connectivity index is 4.34.